The number of ether oxygens (including phenoxy) is 2. The van der Waals surface area contributed by atoms with Crippen LogP contribution in [0.3, 0.4) is 0 Å². The second-order valence-corrected chi connectivity index (χ2v) is 10.3. The molecule has 0 saturated heterocycles. The zero-order chi connectivity index (χ0) is 24.3. The van der Waals surface area contributed by atoms with E-state index in [-0.39, 0.29) is 23.5 Å². The summed E-state index contributed by atoms with van der Waals surface area (Å²) in [6.07, 6.45) is 1.32. The maximum Gasteiger partial charge on any atom is 0.416 e. The van der Waals surface area contributed by atoms with E-state index in [4.69, 9.17) is 9.47 Å². The molecule has 0 atom stereocenters. The number of nitrogens with zero attached hydrogens (tertiary/aromatic N) is 1. The summed E-state index contributed by atoms with van der Waals surface area (Å²) in [6.45, 7) is 6.90. The Labute approximate surface area is 195 Å². The van der Waals surface area contributed by atoms with Crippen molar-refractivity contribution in [3.8, 4) is 0 Å². The molecule has 1 N–H and O–H groups in total. The number of rotatable bonds is 14. The molecule has 1 aromatic carbocycles. The first kappa shape index (κ1) is 28.0. The molecule has 2 rings (SSSR count). The van der Waals surface area contributed by atoms with Crippen LogP contribution < -0.4 is 4.72 Å². The molecule has 10 heteroatoms. The molecule has 190 valence electrons. The Kier molecular flexibility index (Phi) is 11.6. The topological polar surface area (TPSA) is 67.9 Å². The van der Waals surface area contributed by atoms with Gasteiger partial charge in [0.1, 0.15) is 0 Å². The molecule has 0 spiro atoms. The Morgan fingerprint density at radius 2 is 1.70 bits per heavy atom. The highest BCUT2D eigenvalue weighted by molar-refractivity contribution is 7.89. The van der Waals surface area contributed by atoms with Crippen LogP contribution >= 0.6 is 0 Å². The van der Waals surface area contributed by atoms with Crippen molar-refractivity contribution < 1.29 is 31.1 Å². The van der Waals surface area contributed by atoms with E-state index in [1.54, 1.807) is 7.11 Å². The molecular formula is C23H37F3N2O4S. The number of hydrogen-bond acceptors (Lipinski definition) is 5. The van der Waals surface area contributed by atoms with Crippen LogP contribution in [0.2, 0.25) is 0 Å². The minimum Gasteiger partial charge on any atom is -0.383 e. The van der Waals surface area contributed by atoms with E-state index in [1.807, 2.05) is 0 Å². The number of nitrogens with one attached hydrogen (secondary N) is 1. The van der Waals surface area contributed by atoms with Gasteiger partial charge in [0.25, 0.3) is 0 Å². The summed E-state index contributed by atoms with van der Waals surface area (Å²) < 4.78 is 76.5. The average Bonchev–Trinajstić information content (AvgIpc) is 2.80. The normalized spacial score (nSPS) is 19.8. The van der Waals surface area contributed by atoms with Crippen LogP contribution in [0.25, 0.3) is 0 Å². The Hall–Kier alpha value is -1.20. The lowest BCUT2D eigenvalue weighted by Gasteiger charge is -2.28. The van der Waals surface area contributed by atoms with Crippen molar-refractivity contribution in [2.75, 3.05) is 46.5 Å². The lowest BCUT2D eigenvalue weighted by Crippen LogP contribution is -2.33. The van der Waals surface area contributed by atoms with Crippen LogP contribution in [0.5, 0.6) is 0 Å². The number of unbranched alkanes of at least 4 members (excludes halogenated alkanes) is 1. The van der Waals surface area contributed by atoms with E-state index in [0.29, 0.717) is 0 Å². The standard InChI is InChI=1S/C23H37F3N2O4S/c1-3-28(15-17-31-2)14-4-5-16-32-21-10-6-19(7-11-21)18-27-33(29,30)22-12-8-20(9-13-22)23(24,25)26/h8-9,12-13,19,21,27H,3-7,10-11,14-18H2,1-2H3. The average molecular weight is 495 g/mol. The molecule has 0 bridgehead atoms. The summed E-state index contributed by atoms with van der Waals surface area (Å²) in [4.78, 5) is 2.21. The first-order valence-electron chi connectivity index (χ1n) is 11.7. The SMILES string of the molecule is CCN(CCCCOC1CCC(CNS(=O)(=O)c2ccc(C(F)(F)F)cc2)CC1)CCOC. The van der Waals surface area contributed by atoms with Crippen molar-refractivity contribution >= 4 is 10.0 Å². The number of benzene rings is 1. The fraction of sp³-hybridized carbons (Fsp3) is 0.739. The van der Waals surface area contributed by atoms with Gasteiger partial charge in [-0.3, -0.25) is 0 Å². The lowest BCUT2D eigenvalue weighted by atomic mass is 9.87. The van der Waals surface area contributed by atoms with E-state index in [2.05, 4.69) is 16.5 Å². The predicted molar refractivity (Wildman–Crippen MR) is 122 cm³/mol. The van der Waals surface area contributed by atoms with Gasteiger partial charge < -0.3 is 14.4 Å². The van der Waals surface area contributed by atoms with Crippen LogP contribution in [0.4, 0.5) is 13.2 Å². The maximum atomic E-state index is 12.7. The number of alkyl halides is 3. The van der Waals surface area contributed by atoms with Crippen molar-refractivity contribution in [1.82, 2.24) is 9.62 Å². The Morgan fingerprint density at radius 3 is 2.27 bits per heavy atom. The summed E-state index contributed by atoms with van der Waals surface area (Å²) >= 11 is 0. The number of hydrogen-bond donors (Lipinski definition) is 1. The third-order valence-electron chi connectivity index (χ3n) is 6.13. The molecule has 1 aliphatic rings. The Bertz CT molecular complexity index is 780. The number of likely N-dealkylation sites (N-methyl/N-ethyl adjacent to an activating group) is 1. The number of halogens is 3. The highest BCUT2D eigenvalue weighted by atomic mass is 32.2. The van der Waals surface area contributed by atoms with E-state index in [9.17, 15) is 21.6 Å². The van der Waals surface area contributed by atoms with Gasteiger partial charge in [0, 0.05) is 26.8 Å². The van der Waals surface area contributed by atoms with Crippen LogP contribution in [0, 0.1) is 5.92 Å². The molecule has 1 fully saturated rings. The van der Waals surface area contributed by atoms with Gasteiger partial charge in [-0.05, 0) is 81.8 Å². The second-order valence-electron chi connectivity index (χ2n) is 8.52. The maximum absolute atomic E-state index is 12.7. The first-order valence-corrected chi connectivity index (χ1v) is 13.1. The minimum absolute atomic E-state index is 0.156. The van der Waals surface area contributed by atoms with E-state index < -0.39 is 21.8 Å². The molecule has 1 saturated carbocycles. The molecule has 0 aromatic heterocycles. The summed E-state index contributed by atoms with van der Waals surface area (Å²) in [5, 5.41) is 0. The van der Waals surface area contributed by atoms with Crippen LogP contribution in [0.1, 0.15) is 51.0 Å². The van der Waals surface area contributed by atoms with Crippen molar-refractivity contribution in [1.29, 1.82) is 0 Å². The summed E-state index contributed by atoms with van der Waals surface area (Å²) in [6, 6.07) is 3.56. The Morgan fingerprint density at radius 1 is 1.03 bits per heavy atom. The predicted octanol–water partition coefficient (Wildman–Crippen LogP) is 4.31. The molecule has 0 radical (unpaired) electrons. The smallest absolute Gasteiger partial charge is 0.383 e. The minimum atomic E-state index is -4.49. The molecule has 1 aromatic rings. The van der Waals surface area contributed by atoms with Gasteiger partial charge in [-0.25, -0.2) is 13.1 Å². The zero-order valence-corrected chi connectivity index (χ0v) is 20.4. The second kappa shape index (κ2) is 13.6. The lowest BCUT2D eigenvalue weighted by molar-refractivity contribution is -0.137. The largest absolute Gasteiger partial charge is 0.416 e. The molecule has 1 aliphatic carbocycles. The van der Waals surface area contributed by atoms with Gasteiger partial charge >= 0.3 is 6.18 Å². The Balaban J connectivity index is 1.64. The monoisotopic (exact) mass is 494 g/mol. The highest BCUT2D eigenvalue weighted by Gasteiger charge is 2.31. The molecule has 0 heterocycles. The van der Waals surface area contributed by atoms with Crippen LogP contribution in [0.15, 0.2) is 29.2 Å². The molecule has 6 nitrogen and oxygen atoms in total. The summed E-state index contributed by atoms with van der Waals surface area (Å²) in [5.41, 5.74) is -0.867. The van der Waals surface area contributed by atoms with Crippen molar-refractivity contribution in [3.05, 3.63) is 29.8 Å². The zero-order valence-electron chi connectivity index (χ0n) is 19.6. The van der Waals surface area contributed by atoms with E-state index in [1.165, 1.54) is 0 Å². The summed E-state index contributed by atoms with van der Waals surface area (Å²) in [7, 11) is -2.12. The van der Waals surface area contributed by atoms with Crippen molar-refractivity contribution in [3.63, 3.8) is 0 Å². The first-order chi connectivity index (χ1) is 15.7. The van der Waals surface area contributed by atoms with Crippen molar-refractivity contribution in [2.45, 2.75) is 62.6 Å². The van der Waals surface area contributed by atoms with Gasteiger partial charge in [0.15, 0.2) is 0 Å². The van der Waals surface area contributed by atoms with Gasteiger partial charge in [-0.15, -0.1) is 0 Å². The fourth-order valence-corrected chi connectivity index (χ4v) is 5.09. The van der Waals surface area contributed by atoms with Gasteiger partial charge in [-0.1, -0.05) is 6.92 Å². The number of methoxy groups -OCH3 is 1. The highest BCUT2D eigenvalue weighted by Crippen LogP contribution is 2.30. The molecule has 33 heavy (non-hydrogen) atoms. The molecule has 0 unspecified atom stereocenters. The molecular weight excluding hydrogens is 457 g/mol. The third-order valence-corrected chi connectivity index (χ3v) is 7.57. The number of sulfonamides is 1. The van der Waals surface area contributed by atoms with E-state index in [0.717, 1.165) is 95.6 Å². The fourth-order valence-electron chi connectivity index (χ4n) is 3.97. The van der Waals surface area contributed by atoms with Crippen LogP contribution in [-0.2, 0) is 25.7 Å². The van der Waals surface area contributed by atoms with Crippen LogP contribution in [-0.4, -0.2) is 65.9 Å². The third kappa shape index (κ3) is 9.90. The van der Waals surface area contributed by atoms with Gasteiger partial charge in [-0.2, -0.15) is 13.2 Å². The van der Waals surface area contributed by atoms with Gasteiger partial charge in [0.05, 0.1) is 23.2 Å². The van der Waals surface area contributed by atoms with Crippen molar-refractivity contribution in [2.24, 2.45) is 5.92 Å². The quantitative estimate of drug-likeness (QED) is 0.391. The van der Waals surface area contributed by atoms with Gasteiger partial charge in [0.2, 0.25) is 10.0 Å². The molecule has 0 amide bonds. The van der Waals surface area contributed by atoms with E-state index >= 15 is 0 Å². The molecule has 0 aliphatic heterocycles. The summed E-state index contributed by atoms with van der Waals surface area (Å²) in [5.74, 6) is 0.202.